The quantitative estimate of drug-likeness (QED) is 0.824. The van der Waals surface area contributed by atoms with Gasteiger partial charge in [-0.15, -0.1) is 0 Å². The largest absolute Gasteiger partial charge is 0.312 e. The summed E-state index contributed by atoms with van der Waals surface area (Å²) in [5, 5.41) is 3.81. The first kappa shape index (κ1) is 14.3. The summed E-state index contributed by atoms with van der Waals surface area (Å²) in [6, 6.07) is 1.46. The monoisotopic (exact) mass is 253 g/mol. The summed E-state index contributed by atoms with van der Waals surface area (Å²) in [5.74, 6) is 0.884. The maximum absolute atomic E-state index is 3.81. The molecule has 0 spiro atoms. The van der Waals surface area contributed by atoms with Crippen molar-refractivity contribution in [2.45, 2.75) is 51.1 Å². The number of nitrogens with zero attached hydrogens (tertiary/aromatic N) is 2. The van der Waals surface area contributed by atoms with E-state index >= 15 is 0 Å². The Kier molecular flexibility index (Phi) is 5.46. The second-order valence-electron chi connectivity index (χ2n) is 6.47. The van der Waals surface area contributed by atoms with Crippen LogP contribution >= 0.6 is 0 Å². The number of piperidine rings is 2. The second-order valence-corrected chi connectivity index (χ2v) is 6.47. The first-order valence-electron chi connectivity index (χ1n) is 7.79. The van der Waals surface area contributed by atoms with Crippen molar-refractivity contribution in [2.24, 2.45) is 5.92 Å². The van der Waals surface area contributed by atoms with Gasteiger partial charge in [0.15, 0.2) is 0 Å². The molecule has 0 amide bonds. The van der Waals surface area contributed by atoms with E-state index < -0.39 is 0 Å². The number of hydrogen-bond acceptors (Lipinski definition) is 3. The molecule has 1 N–H and O–H groups in total. The third-order valence-electron chi connectivity index (χ3n) is 5.07. The Morgan fingerprint density at radius 2 is 1.78 bits per heavy atom. The van der Waals surface area contributed by atoms with Crippen LogP contribution in [-0.4, -0.2) is 62.2 Å². The van der Waals surface area contributed by atoms with Crippen LogP contribution in [0.15, 0.2) is 0 Å². The molecule has 0 saturated carbocycles. The molecule has 0 aromatic heterocycles. The molecule has 3 heteroatoms. The van der Waals surface area contributed by atoms with E-state index in [1.165, 1.54) is 58.3 Å². The molecule has 2 fully saturated rings. The summed E-state index contributed by atoms with van der Waals surface area (Å²) in [6.45, 7) is 7.41. The summed E-state index contributed by atoms with van der Waals surface area (Å²) >= 11 is 0. The molecule has 2 aliphatic heterocycles. The molecule has 0 bridgehead atoms. The molecular weight excluding hydrogens is 222 g/mol. The first-order chi connectivity index (χ1) is 8.66. The van der Waals surface area contributed by atoms with Crippen LogP contribution in [-0.2, 0) is 0 Å². The van der Waals surface area contributed by atoms with Gasteiger partial charge in [0, 0.05) is 18.6 Å². The standard InChI is InChI=1S/C15H31N3/c1-13(14-7-10-17(2)11-8-14)16-12-15-6-4-5-9-18(15)3/h13-16H,4-12H2,1-3H3. The highest BCUT2D eigenvalue weighted by atomic mass is 15.2. The number of likely N-dealkylation sites (N-methyl/N-ethyl adjacent to an activating group) is 1. The van der Waals surface area contributed by atoms with Gasteiger partial charge in [0.05, 0.1) is 0 Å². The molecule has 0 aromatic carbocycles. The lowest BCUT2D eigenvalue weighted by Crippen LogP contribution is -2.48. The lowest BCUT2D eigenvalue weighted by molar-refractivity contribution is 0.158. The summed E-state index contributed by atoms with van der Waals surface area (Å²) in [7, 11) is 4.52. The van der Waals surface area contributed by atoms with E-state index in [-0.39, 0.29) is 0 Å². The lowest BCUT2D eigenvalue weighted by atomic mass is 9.90. The smallest absolute Gasteiger partial charge is 0.0217 e. The third-order valence-corrected chi connectivity index (χ3v) is 5.07. The van der Waals surface area contributed by atoms with Crippen LogP contribution in [0.4, 0.5) is 0 Å². The molecular formula is C15H31N3. The zero-order valence-corrected chi connectivity index (χ0v) is 12.5. The van der Waals surface area contributed by atoms with E-state index in [4.69, 9.17) is 0 Å². The maximum Gasteiger partial charge on any atom is 0.0217 e. The van der Waals surface area contributed by atoms with Crippen molar-refractivity contribution in [3.8, 4) is 0 Å². The van der Waals surface area contributed by atoms with Gasteiger partial charge in [-0.2, -0.15) is 0 Å². The van der Waals surface area contributed by atoms with E-state index in [1.807, 2.05) is 0 Å². The van der Waals surface area contributed by atoms with Gasteiger partial charge >= 0.3 is 0 Å². The van der Waals surface area contributed by atoms with Crippen molar-refractivity contribution in [2.75, 3.05) is 40.3 Å². The number of nitrogens with one attached hydrogen (secondary N) is 1. The van der Waals surface area contributed by atoms with Gasteiger partial charge in [-0.3, -0.25) is 0 Å². The van der Waals surface area contributed by atoms with Gasteiger partial charge in [0.25, 0.3) is 0 Å². The molecule has 2 unspecified atom stereocenters. The van der Waals surface area contributed by atoms with Crippen LogP contribution in [0.25, 0.3) is 0 Å². The average Bonchev–Trinajstić information content (AvgIpc) is 2.38. The fourth-order valence-electron chi connectivity index (χ4n) is 3.42. The van der Waals surface area contributed by atoms with Crippen molar-refractivity contribution in [1.82, 2.24) is 15.1 Å². The Bertz CT molecular complexity index is 236. The summed E-state index contributed by atoms with van der Waals surface area (Å²) in [4.78, 5) is 5.00. The van der Waals surface area contributed by atoms with Gasteiger partial charge in [-0.1, -0.05) is 6.42 Å². The predicted octanol–water partition coefficient (Wildman–Crippen LogP) is 1.79. The molecule has 0 radical (unpaired) electrons. The van der Waals surface area contributed by atoms with Gasteiger partial charge in [-0.05, 0) is 72.3 Å². The van der Waals surface area contributed by atoms with Crippen LogP contribution in [0.5, 0.6) is 0 Å². The van der Waals surface area contributed by atoms with E-state index in [2.05, 4.69) is 36.1 Å². The van der Waals surface area contributed by atoms with Crippen LogP contribution in [0.2, 0.25) is 0 Å². The fraction of sp³-hybridized carbons (Fsp3) is 1.00. The van der Waals surface area contributed by atoms with Gasteiger partial charge in [0.1, 0.15) is 0 Å². The predicted molar refractivity (Wildman–Crippen MR) is 78.0 cm³/mol. The highest BCUT2D eigenvalue weighted by Crippen LogP contribution is 2.20. The number of rotatable bonds is 4. The zero-order chi connectivity index (χ0) is 13.0. The number of hydrogen-bond donors (Lipinski definition) is 1. The van der Waals surface area contributed by atoms with Gasteiger partial charge in [-0.25, -0.2) is 0 Å². The first-order valence-corrected chi connectivity index (χ1v) is 7.79. The minimum atomic E-state index is 0.689. The van der Waals surface area contributed by atoms with Crippen LogP contribution in [0, 0.1) is 5.92 Å². The molecule has 2 aliphatic rings. The SMILES string of the molecule is CC(NCC1CCCCN1C)C1CCN(C)CC1. The highest BCUT2D eigenvalue weighted by molar-refractivity contribution is 4.82. The average molecular weight is 253 g/mol. The van der Waals surface area contributed by atoms with E-state index in [0.717, 1.165) is 12.0 Å². The Balaban J connectivity index is 1.69. The molecule has 2 heterocycles. The van der Waals surface area contributed by atoms with Crippen molar-refractivity contribution in [3.63, 3.8) is 0 Å². The Morgan fingerprint density at radius 3 is 2.44 bits per heavy atom. The topological polar surface area (TPSA) is 18.5 Å². The van der Waals surface area contributed by atoms with Crippen molar-refractivity contribution in [1.29, 1.82) is 0 Å². The minimum absolute atomic E-state index is 0.689. The third kappa shape index (κ3) is 3.94. The Morgan fingerprint density at radius 1 is 1.06 bits per heavy atom. The molecule has 0 aliphatic carbocycles. The molecule has 2 saturated heterocycles. The Hall–Kier alpha value is -0.120. The molecule has 3 nitrogen and oxygen atoms in total. The van der Waals surface area contributed by atoms with Crippen molar-refractivity contribution < 1.29 is 0 Å². The Labute approximate surface area is 113 Å². The van der Waals surface area contributed by atoms with E-state index in [9.17, 15) is 0 Å². The van der Waals surface area contributed by atoms with E-state index in [0.29, 0.717) is 6.04 Å². The van der Waals surface area contributed by atoms with Gasteiger partial charge in [0.2, 0.25) is 0 Å². The summed E-state index contributed by atoms with van der Waals surface area (Å²) in [6.07, 6.45) is 6.91. The second kappa shape index (κ2) is 6.88. The molecule has 0 aromatic rings. The summed E-state index contributed by atoms with van der Waals surface area (Å²) in [5.41, 5.74) is 0. The summed E-state index contributed by atoms with van der Waals surface area (Å²) < 4.78 is 0. The fourth-order valence-corrected chi connectivity index (χ4v) is 3.42. The molecule has 2 atom stereocenters. The van der Waals surface area contributed by atoms with Crippen molar-refractivity contribution in [3.05, 3.63) is 0 Å². The van der Waals surface area contributed by atoms with Crippen molar-refractivity contribution >= 4 is 0 Å². The molecule has 18 heavy (non-hydrogen) atoms. The highest BCUT2D eigenvalue weighted by Gasteiger charge is 2.24. The molecule has 106 valence electrons. The molecule has 2 rings (SSSR count). The van der Waals surface area contributed by atoms with Crippen LogP contribution < -0.4 is 5.32 Å². The van der Waals surface area contributed by atoms with Crippen LogP contribution in [0.1, 0.15) is 39.0 Å². The van der Waals surface area contributed by atoms with E-state index in [1.54, 1.807) is 0 Å². The lowest BCUT2D eigenvalue weighted by Gasteiger charge is -2.36. The number of likely N-dealkylation sites (tertiary alicyclic amines) is 2. The minimum Gasteiger partial charge on any atom is -0.312 e. The van der Waals surface area contributed by atoms with Gasteiger partial charge < -0.3 is 15.1 Å². The van der Waals surface area contributed by atoms with Crippen LogP contribution in [0.3, 0.4) is 0 Å². The maximum atomic E-state index is 3.81. The normalized spacial score (nSPS) is 30.5. The zero-order valence-electron chi connectivity index (χ0n) is 12.5.